The number of anilines is 1. The standard InChI is InChI=1S/C19H21BrN2O5S2/c1-14-12-15-13-18(28(23,24)21-8-10-27-11-9-21)6-7-19(15)22(14)29(25,26)17-4-2-16(20)3-5-17/h2-7,13-14H,8-12H2,1H3/t14-/m0/s1. The van der Waals surface area contributed by atoms with Gasteiger partial charge in [0.1, 0.15) is 0 Å². The number of hydrogen-bond donors (Lipinski definition) is 0. The molecule has 7 nitrogen and oxygen atoms in total. The van der Waals surface area contributed by atoms with Crippen molar-refractivity contribution in [2.45, 2.75) is 29.2 Å². The Morgan fingerprint density at radius 1 is 0.931 bits per heavy atom. The molecule has 1 atom stereocenters. The average Bonchev–Trinajstić information content (AvgIpc) is 3.04. The quantitative estimate of drug-likeness (QED) is 0.644. The molecular weight excluding hydrogens is 480 g/mol. The highest BCUT2D eigenvalue weighted by atomic mass is 79.9. The van der Waals surface area contributed by atoms with Crippen LogP contribution in [0.15, 0.2) is 56.7 Å². The molecule has 29 heavy (non-hydrogen) atoms. The zero-order valence-corrected chi connectivity index (χ0v) is 19.0. The number of morpholine rings is 1. The lowest BCUT2D eigenvalue weighted by atomic mass is 10.1. The van der Waals surface area contributed by atoms with Gasteiger partial charge in [-0.2, -0.15) is 4.31 Å². The van der Waals surface area contributed by atoms with Crippen LogP contribution in [-0.2, 0) is 31.2 Å². The van der Waals surface area contributed by atoms with Gasteiger partial charge in [-0.25, -0.2) is 16.8 Å². The van der Waals surface area contributed by atoms with Crippen LogP contribution in [0.3, 0.4) is 0 Å². The molecule has 0 spiro atoms. The molecule has 0 N–H and O–H groups in total. The molecule has 0 unspecified atom stereocenters. The Hall–Kier alpha value is -1.46. The van der Waals surface area contributed by atoms with Gasteiger partial charge in [-0.1, -0.05) is 15.9 Å². The average molecular weight is 501 g/mol. The molecule has 0 aliphatic carbocycles. The predicted molar refractivity (Wildman–Crippen MR) is 113 cm³/mol. The fraction of sp³-hybridized carbons (Fsp3) is 0.368. The van der Waals surface area contributed by atoms with Crippen LogP contribution in [0.2, 0.25) is 0 Å². The molecule has 0 saturated carbocycles. The molecule has 0 aromatic heterocycles. The van der Waals surface area contributed by atoms with Crippen molar-refractivity contribution in [3.63, 3.8) is 0 Å². The van der Waals surface area contributed by atoms with Crippen LogP contribution in [0.5, 0.6) is 0 Å². The number of rotatable bonds is 4. The van der Waals surface area contributed by atoms with Gasteiger partial charge in [-0.15, -0.1) is 0 Å². The molecule has 2 aliphatic heterocycles. The monoisotopic (exact) mass is 500 g/mol. The molecule has 4 rings (SSSR count). The van der Waals surface area contributed by atoms with Crippen LogP contribution in [0.1, 0.15) is 12.5 Å². The van der Waals surface area contributed by atoms with Gasteiger partial charge in [0.25, 0.3) is 10.0 Å². The van der Waals surface area contributed by atoms with Gasteiger partial charge in [0.2, 0.25) is 10.0 Å². The first kappa shape index (κ1) is 20.8. The maximum atomic E-state index is 13.2. The smallest absolute Gasteiger partial charge is 0.264 e. The first-order valence-corrected chi connectivity index (χ1v) is 12.9. The molecule has 0 bridgehead atoms. The highest BCUT2D eigenvalue weighted by Gasteiger charge is 2.37. The molecule has 156 valence electrons. The maximum Gasteiger partial charge on any atom is 0.264 e. The van der Waals surface area contributed by atoms with Gasteiger partial charge in [-0.3, -0.25) is 4.31 Å². The number of fused-ring (bicyclic) bond motifs is 1. The first-order valence-electron chi connectivity index (χ1n) is 9.22. The molecule has 2 aromatic rings. The minimum atomic E-state index is -3.75. The summed E-state index contributed by atoms with van der Waals surface area (Å²) in [6.07, 6.45) is 0.456. The predicted octanol–water partition coefficient (Wildman–Crippen LogP) is 2.61. The Balaban J connectivity index is 1.70. The third-order valence-corrected chi connectivity index (χ3v) is 9.55. The Kier molecular flexibility index (Phi) is 5.49. The lowest BCUT2D eigenvalue weighted by molar-refractivity contribution is 0.0730. The second-order valence-electron chi connectivity index (χ2n) is 7.11. The van der Waals surface area contributed by atoms with E-state index in [0.29, 0.717) is 44.0 Å². The summed E-state index contributed by atoms with van der Waals surface area (Å²) in [4.78, 5) is 0.388. The van der Waals surface area contributed by atoms with Crippen molar-refractivity contribution in [2.75, 3.05) is 30.6 Å². The maximum absolute atomic E-state index is 13.2. The number of sulfonamides is 2. The molecule has 2 heterocycles. The summed E-state index contributed by atoms with van der Waals surface area (Å²) in [7, 11) is -7.38. The highest BCUT2D eigenvalue weighted by molar-refractivity contribution is 9.10. The van der Waals surface area contributed by atoms with Gasteiger partial charge in [-0.05, 0) is 61.4 Å². The van der Waals surface area contributed by atoms with E-state index >= 15 is 0 Å². The van der Waals surface area contributed by atoms with E-state index in [-0.39, 0.29) is 15.8 Å². The number of ether oxygens (including phenoxy) is 1. The number of nitrogens with zero attached hydrogens (tertiary/aromatic N) is 2. The van der Waals surface area contributed by atoms with Crippen LogP contribution < -0.4 is 4.31 Å². The molecule has 0 amide bonds. The van der Waals surface area contributed by atoms with Crippen molar-refractivity contribution in [2.24, 2.45) is 0 Å². The first-order chi connectivity index (χ1) is 13.7. The number of hydrogen-bond acceptors (Lipinski definition) is 5. The van der Waals surface area contributed by atoms with E-state index in [1.54, 1.807) is 36.4 Å². The molecule has 0 radical (unpaired) electrons. The van der Waals surface area contributed by atoms with Crippen molar-refractivity contribution in [1.29, 1.82) is 0 Å². The van der Waals surface area contributed by atoms with E-state index in [2.05, 4.69) is 15.9 Å². The van der Waals surface area contributed by atoms with Crippen LogP contribution in [-0.4, -0.2) is 53.5 Å². The summed E-state index contributed by atoms with van der Waals surface area (Å²) < 4.78 is 61.1. The van der Waals surface area contributed by atoms with Crippen LogP contribution in [0.25, 0.3) is 0 Å². The largest absolute Gasteiger partial charge is 0.379 e. The molecule has 2 aliphatic rings. The second kappa shape index (κ2) is 7.66. The van der Waals surface area contributed by atoms with E-state index in [1.807, 2.05) is 6.92 Å². The fourth-order valence-corrected chi connectivity index (χ4v) is 7.18. The molecule has 10 heteroatoms. The van der Waals surface area contributed by atoms with Crippen LogP contribution in [0, 0.1) is 0 Å². The topological polar surface area (TPSA) is 84.0 Å². The van der Waals surface area contributed by atoms with Gasteiger partial charge in [0, 0.05) is 23.6 Å². The number of benzene rings is 2. The lowest BCUT2D eigenvalue weighted by Gasteiger charge is -2.26. The van der Waals surface area contributed by atoms with Crippen molar-refractivity contribution < 1.29 is 21.6 Å². The zero-order valence-electron chi connectivity index (χ0n) is 15.8. The second-order valence-corrected chi connectivity index (χ2v) is 11.8. The van der Waals surface area contributed by atoms with E-state index in [0.717, 1.165) is 4.47 Å². The van der Waals surface area contributed by atoms with E-state index in [9.17, 15) is 16.8 Å². The van der Waals surface area contributed by atoms with Gasteiger partial charge in [0.15, 0.2) is 0 Å². The van der Waals surface area contributed by atoms with Crippen molar-refractivity contribution in [1.82, 2.24) is 4.31 Å². The fourth-order valence-electron chi connectivity index (χ4n) is 3.76. The van der Waals surface area contributed by atoms with Gasteiger partial charge >= 0.3 is 0 Å². The minimum absolute atomic E-state index is 0.188. The summed E-state index contributed by atoms with van der Waals surface area (Å²) >= 11 is 3.32. The lowest BCUT2D eigenvalue weighted by Crippen LogP contribution is -2.40. The number of halogens is 1. The van der Waals surface area contributed by atoms with Crippen molar-refractivity contribution in [3.05, 3.63) is 52.5 Å². The molecule has 1 saturated heterocycles. The van der Waals surface area contributed by atoms with Crippen molar-refractivity contribution in [3.8, 4) is 0 Å². The molecule has 2 aromatic carbocycles. The zero-order chi connectivity index (χ0) is 20.8. The van der Waals surface area contributed by atoms with E-state index < -0.39 is 20.0 Å². The summed E-state index contributed by atoms with van der Waals surface area (Å²) in [5, 5.41) is 0. The third kappa shape index (κ3) is 3.72. The molecular formula is C19H21BrN2O5S2. The summed E-state index contributed by atoms with van der Waals surface area (Å²) in [6, 6.07) is 10.9. The van der Waals surface area contributed by atoms with Gasteiger partial charge < -0.3 is 4.74 Å². The van der Waals surface area contributed by atoms with E-state index in [4.69, 9.17) is 4.74 Å². The van der Waals surface area contributed by atoms with Gasteiger partial charge in [0.05, 0.1) is 28.7 Å². The van der Waals surface area contributed by atoms with Crippen LogP contribution in [0.4, 0.5) is 5.69 Å². The van der Waals surface area contributed by atoms with Crippen LogP contribution >= 0.6 is 15.9 Å². The highest BCUT2D eigenvalue weighted by Crippen LogP contribution is 2.38. The Morgan fingerprint density at radius 2 is 1.55 bits per heavy atom. The molecule has 1 fully saturated rings. The van der Waals surface area contributed by atoms with Crippen molar-refractivity contribution >= 4 is 41.7 Å². The summed E-state index contributed by atoms with van der Waals surface area (Å²) in [5.41, 5.74) is 1.24. The Bertz CT molecular complexity index is 1130. The Labute approximate surface area is 179 Å². The SMILES string of the molecule is C[C@H]1Cc2cc(S(=O)(=O)N3CCOCC3)ccc2N1S(=O)(=O)c1ccc(Br)cc1. The minimum Gasteiger partial charge on any atom is -0.379 e. The summed E-state index contributed by atoms with van der Waals surface area (Å²) in [6.45, 7) is 3.22. The summed E-state index contributed by atoms with van der Waals surface area (Å²) in [5.74, 6) is 0. The Morgan fingerprint density at radius 3 is 2.21 bits per heavy atom. The van der Waals surface area contributed by atoms with E-state index in [1.165, 1.54) is 14.7 Å². The normalized spacial score (nSPS) is 20.6. The third-order valence-electron chi connectivity index (χ3n) is 5.18.